The van der Waals surface area contributed by atoms with Crippen LogP contribution < -0.4 is 5.32 Å². The normalized spacial score (nSPS) is 41.1. The van der Waals surface area contributed by atoms with Crippen LogP contribution in [-0.2, 0) is 0 Å². The maximum absolute atomic E-state index is 9.97. The molecule has 2 rings (SSSR count). The van der Waals surface area contributed by atoms with Crippen LogP contribution in [0, 0.1) is 0 Å². The van der Waals surface area contributed by atoms with Crippen LogP contribution in [0.25, 0.3) is 0 Å². The molecule has 0 aliphatic carbocycles. The van der Waals surface area contributed by atoms with Crippen molar-refractivity contribution < 1.29 is 5.11 Å². The Kier molecular flexibility index (Phi) is 3.10. The third-order valence-corrected chi connectivity index (χ3v) is 3.65. The molecule has 0 aromatic heterocycles. The number of rotatable bonds is 1. The van der Waals surface area contributed by atoms with E-state index in [1.165, 1.54) is 13.0 Å². The zero-order valence-electron chi connectivity index (χ0n) is 9.13. The summed E-state index contributed by atoms with van der Waals surface area (Å²) >= 11 is 0. The second-order valence-electron chi connectivity index (χ2n) is 5.03. The third kappa shape index (κ3) is 2.47. The number of hydrogen-bond donors (Lipinski definition) is 2. The van der Waals surface area contributed by atoms with Crippen LogP contribution in [0.3, 0.4) is 0 Å². The van der Waals surface area contributed by atoms with Gasteiger partial charge in [0.15, 0.2) is 0 Å². The van der Waals surface area contributed by atoms with Gasteiger partial charge in [-0.3, -0.25) is 4.90 Å². The van der Waals surface area contributed by atoms with Crippen LogP contribution in [-0.4, -0.2) is 47.8 Å². The molecule has 82 valence electrons. The Morgan fingerprint density at radius 3 is 2.93 bits per heavy atom. The number of nitrogens with zero attached hydrogens (tertiary/aromatic N) is 1. The quantitative estimate of drug-likeness (QED) is 0.647. The fraction of sp³-hybridized carbons (Fsp3) is 1.00. The van der Waals surface area contributed by atoms with E-state index in [1.54, 1.807) is 0 Å². The van der Waals surface area contributed by atoms with Gasteiger partial charge in [0, 0.05) is 19.1 Å². The minimum Gasteiger partial charge on any atom is -0.390 e. The van der Waals surface area contributed by atoms with E-state index in [0.717, 1.165) is 44.9 Å². The lowest BCUT2D eigenvalue weighted by Crippen LogP contribution is -2.38. The van der Waals surface area contributed by atoms with Crippen molar-refractivity contribution in [1.82, 2.24) is 10.2 Å². The molecule has 2 aliphatic rings. The van der Waals surface area contributed by atoms with E-state index < -0.39 is 5.60 Å². The number of hydrogen-bond acceptors (Lipinski definition) is 3. The third-order valence-electron chi connectivity index (χ3n) is 3.65. The highest BCUT2D eigenvalue weighted by Crippen LogP contribution is 2.23. The lowest BCUT2D eigenvalue weighted by atomic mass is 9.98. The van der Waals surface area contributed by atoms with Gasteiger partial charge in [0.25, 0.3) is 0 Å². The van der Waals surface area contributed by atoms with Crippen molar-refractivity contribution in [2.75, 3.05) is 26.2 Å². The van der Waals surface area contributed by atoms with Gasteiger partial charge in [-0.2, -0.15) is 0 Å². The molecule has 0 saturated carbocycles. The predicted octanol–water partition coefficient (Wildman–Crippen LogP) is 0.585. The minimum absolute atomic E-state index is 0.416. The van der Waals surface area contributed by atoms with Crippen molar-refractivity contribution in [2.45, 2.75) is 44.2 Å². The Bertz CT molecular complexity index is 188. The Hall–Kier alpha value is -0.120. The van der Waals surface area contributed by atoms with Crippen molar-refractivity contribution in [3.63, 3.8) is 0 Å². The lowest BCUT2D eigenvalue weighted by Gasteiger charge is -2.27. The molecule has 2 aliphatic heterocycles. The standard InChI is InChI=1S/C11H22N2O/c1-11(14)4-2-7-13(8-5-11)10-3-6-12-9-10/h10,12,14H,2-9H2,1H3. The summed E-state index contributed by atoms with van der Waals surface area (Å²) in [4.78, 5) is 2.56. The molecule has 2 saturated heterocycles. The largest absolute Gasteiger partial charge is 0.390 e. The second-order valence-corrected chi connectivity index (χ2v) is 5.03. The monoisotopic (exact) mass is 198 g/mol. The van der Waals surface area contributed by atoms with Gasteiger partial charge in [-0.1, -0.05) is 0 Å². The van der Waals surface area contributed by atoms with Gasteiger partial charge in [0.05, 0.1) is 5.60 Å². The first-order valence-electron chi connectivity index (χ1n) is 5.84. The average Bonchev–Trinajstić information content (AvgIpc) is 2.58. The first-order valence-corrected chi connectivity index (χ1v) is 5.84. The van der Waals surface area contributed by atoms with Crippen LogP contribution in [0.15, 0.2) is 0 Å². The van der Waals surface area contributed by atoms with Crippen molar-refractivity contribution in [1.29, 1.82) is 0 Å². The van der Waals surface area contributed by atoms with Crippen LogP contribution in [0.5, 0.6) is 0 Å². The molecular weight excluding hydrogens is 176 g/mol. The molecule has 2 fully saturated rings. The van der Waals surface area contributed by atoms with E-state index in [9.17, 15) is 5.11 Å². The number of likely N-dealkylation sites (tertiary alicyclic amines) is 1. The molecule has 0 amide bonds. The first kappa shape index (κ1) is 10.4. The first-order chi connectivity index (χ1) is 6.67. The summed E-state index contributed by atoms with van der Waals surface area (Å²) in [6.45, 7) is 6.52. The van der Waals surface area contributed by atoms with Gasteiger partial charge < -0.3 is 10.4 Å². The Balaban J connectivity index is 1.88. The van der Waals surface area contributed by atoms with Gasteiger partial charge in [-0.05, 0) is 45.7 Å². The van der Waals surface area contributed by atoms with E-state index >= 15 is 0 Å². The summed E-state index contributed by atoms with van der Waals surface area (Å²) < 4.78 is 0. The topological polar surface area (TPSA) is 35.5 Å². The summed E-state index contributed by atoms with van der Waals surface area (Å²) in [5, 5.41) is 13.4. The van der Waals surface area contributed by atoms with E-state index in [-0.39, 0.29) is 0 Å². The molecular formula is C11H22N2O. The minimum atomic E-state index is -0.416. The molecule has 3 heteroatoms. The SMILES string of the molecule is CC1(O)CCCN(C2CCNC2)CC1. The van der Waals surface area contributed by atoms with Gasteiger partial charge in [0.2, 0.25) is 0 Å². The van der Waals surface area contributed by atoms with Gasteiger partial charge in [0.1, 0.15) is 0 Å². The van der Waals surface area contributed by atoms with Crippen molar-refractivity contribution in [3.05, 3.63) is 0 Å². The Morgan fingerprint density at radius 2 is 2.21 bits per heavy atom. The molecule has 2 atom stereocenters. The van der Waals surface area contributed by atoms with Gasteiger partial charge in [-0.25, -0.2) is 0 Å². The number of aliphatic hydroxyl groups is 1. The zero-order valence-corrected chi connectivity index (χ0v) is 9.13. The lowest BCUT2D eigenvalue weighted by molar-refractivity contribution is 0.0433. The molecule has 2 unspecified atom stereocenters. The highest BCUT2D eigenvalue weighted by molar-refractivity contribution is 4.85. The summed E-state index contributed by atoms with van der Waals surface area (Å²) in [6.07, 6.45) is 4.32. The molecule has 0 bridgehead atoms. The molecule has 0 spiro atoms. The fourth-order valence-corrected chi connectivity index (χ4v) is 2.60. The highest BCUT2D eigenvalue weighted by atomic mass is 16.3. The number of nitrogens with one attached hydrogen (secondary N) is 1. The Labute approximate surface area is 86.5 Å². The van der Waals surface area contributed by atoms with Crippen LogP contribution in [0.2, 0.25) is 0 Å². The van der Waals surface area contributed by atoms with Gasteiger partial charge in [-0.15, -0.1) is 0 Å². The van der Waals surface area contributed by atoms with Crippen LogP contribution in [0.1, 0.15) is 32.6 Å². The molecule has 2 heterocycles. The maximum atomic E-state index is 9.97. The summed E-state index contributed by atoms with van der Waals surface area (Å²) in [5.74, 6) is 0. The molecule has 3 nitrogen and oxygen atoms in total. The molecule has 0 radical (unpaired) electrons. The molecule has 0 aromatic carbocycles. The summed E-state index contributed by atoms with van der Waals surface area (Å²) in [6, 6.07) is 0.726. The van der Waals surface area contributed by atoms with E-state index in [2.05, 4.69) is 10.2 Å². The van der Waals surface area contributed by atoms with Gasteiger partial charge >= 0.3 is 0 Å². The molecule has 14 heavy (non-hydrogen) atoms. The van der Waals surface area contributed by atoms with Crippen molar-refractivity contribution >= 4 is 0 Å². The zero-order chi connectivity index (χ0) is 10.0. The smallest absolute Gasteiger partial charge is 0.0632 e. The van der Waals surface area contributed by atoms with Crippen molar-refractivity contribution in [2.24, 2.45) is 0 Å². The molecule has 0 aromatic rings. The van der Waals surface area contributed by atoms with Crippen LogP contribution >= 0.6 is 0 Å². The van der Waals surface area contributed by atoms with E-state index in [4.69, 9.17) is 0 Å². The summed E-state index contributed by atoms with van der Waals surface area (Å²) in [5.41, 5.74) is -0.416. The Morgan fingerprint density at radius 1 is 1.36 bits per heavy atom. The van der Waals surface area contributed by atoms with Crippen molar-refractivity contribution in [3.8, 4) is 0 Å². The van der Waals surface area contributed by atoms with E-state index in [0.29, 0.717) is 0 Å². The summed E-state index contributed by atoms with van der Waals surface area (Å²) in [7, 11) is 0. The molecule has 2 N–H and O–H groups in total. The van der Waals surface area contributed by atoms with Crippen LogP contribution in [0.4, 0.5) is 0 Å². The maximum Gasteiger partial charge on any atom is 0.0632 e. The average molecular weight is 198 g/mol. The second kappa shape index (κ2) is 4.17. The predicted molar refractivity (Wildman–Crippen MR) is 57.3 cm³/mol. The van der Waals surface area contributed by atoms with E-state index in [1.807, 2.05) is 6.92 Å². The highest BCUT2D eigenvalue weighted by Gasteiger charge is 2.29. The fourth-order valence-electron chi connectivity index (χ4n) is 2.60.